The van der Waals surface area contributed by atoms with Gasteiger partial charge in [-0.3, -0.25) is 4.57 Å². The fraction of sp³-hybridized carbons (Fsp3) is 0.381. The lowest BCUT2D eigenvalue weighted by Crippen LogP contribution is -2.41. The van der Waals surface area contributed by atoms with Gasteiger partial charge in [0.1, 0.15) is 5.82 Å². The molecule has 0 atom stereocenters. The van der Waals surface area contributed by atoms with Crippen molar-refractivity contribution in [2.45, 2.75) is 52.2 Å². The summed E-state index contributed by atoms with van der Waals surface area (Å²) in [6.07, 6.45) is 0.870. The number of aromatic nitrogens is 2. The van der Waals surface area contributed by atoms with Gasteiger partial charge in [0, 0.05) is 12.1 Å². The molecule has 0 amide bonds. The maximum Gasteiger partial charge on any atom is 0.494 e. The lowest BCUT2D eigenvalue weighted by molar-refractivity contribution is 0.00578. The predicted octanol–water partition coefficient (Wildman–Crippen LogP) is 3.89. The molecule has 26 heavy (non-hydrogen) atoms. The first-order valence-corrected chi connectivity index (χ1v) is 9.25. The van der Waals surface area contributed by atoms with Crippen molar-refractivity contribution in [3.63, 3.8) is 0 Å². The van der Waals surface area contributed by atoms with Gasteiger partial charge in [-0.1, -0.05) is 31.2 Å². The molecule has 0 unspecified atom stereocenters. The predicted molar refractivity (Wildman–Crippen MR) is 106 cm³/mol. The molecule has 0 aliphatic carbocycles. The summed E-state index contributed by atoms with van der Waals surface area (Å²) < 4.78 is 14.6. The van der Waals surface area contributed by atoms with E-state index in [1.165, 1.54) is 0 Å². The third-order valence-electron chi connectivity index (χ3n) is 5.60. The van der Waals surface area contributed by atoms with Crippen molar-refractivity contribution >= 4 is 23.6 Å². The second-order valence-corrected chi connectivity index (χ2v) is 7.89. The Kier molecular flexibility index (Phi) is 3.97. The molecule has 2 heterocycles. The number of para-hydroxylation sites is 1. The average Bonchev–Trinajstić information content (AvgIpc) is 3.08. The summed E-state index contributed by atoms with van der Waals surface area (Å²) >= 11 is 0. The molecule has 0 bridgehead atoms. The molecule has 1 aliphatic heterocycles. The minimum Gasteiger partial charge on any atom is -0.399 e. The Morgan fingerprint density at radius 3 is 2.23 bits per heavy atom. The third kappa shape index (κ3) is 2.66. The van der Waals surface area contributed by atoms with E-state index in [1.807, 2.05) is 6.07 Å². The standard InChI is InChI=1S/C21H25BN2O2/c1-6-19-23-17-14-15(22-25-20(2,3)21(4,5)26-22)12-13-18(17)24(19)16-10-8-7-9-11-16/h7-14H,6H2,1-5H3. The van der Waals surface area contributed by atoms with Gasteiger partial charge in [-0.05, 0) is 57.4 Å². The second kappa shape index (κ2) is 5.97. The number of fused-ring (bicyclic) bond motifs is 1. The molecule has 0 N–H and O–H groups in total. The first kappa shape index (κ1) is 17.3. The summed E-state index contributed by atoms with van der Waals surface area (Å²) in [6.45, 7) is 10.4. The van der Waals surface area contributed by atoms with Crippen LogP contribution in [0.5, 0.6) is 0 Å². The fourth-order valence-electron chi connectivity index (χ4n) is 3.38. The quantitative estimate of drug-likeness (QED) is 0.674. The van der Waals surface area contributed by atoms with Crippen LogP contribution in [0.4, 0.5) is 0 Å². The van der Waals surface area contributed by atoms with Crippen LogP contribution in [0.3, 0.4) is 0 Å². The lowest BCUT2D eigenvalue weighted by atomic mass is 9.79. The molecular formula is C21H25BN2O2. The normalized spacial score (nSPS) is 18.6. The fourth-order valence-corrected chi connectivity index (χ4v) is 3.38. The summed E-state index contributed by atoms with van der Waals surface area (Å²) in [5, 5.41) is 0. The summed E-state index contributed by atoms with van der Waals surface area (Å²) in [5.74, 6) is 1.05. The van der Waals surface area contributed by atoms with Crippen LogP contribution >= 0.6 is 0 Å². The maximum absolute atomic E-state index is 6.19. The first-order valence-electron chi connectivity index (χ1n) is 9.25. The highest BCUT2D eigenvalue weighted by molar-refractivity contribution is 6.62. The van der Waals surface area contributed by atoms with Gasteiger partial charge in [0.2, 0.25) is 0 Å². The molecule has 0 saturated carbocycles. The van der Waals surface area contributed by atoms with E-state index < -0.39 is 0 Å². The Labute approximate surface area is 155 Å². The minimum atomic E-state index is -0.364. The van der Waals surface area contributed by atoms with Crippen molar-refractivity contribution in [3.05, 3.63) is 54.4 Å². The SMILES string of the molecule is CCc1nc2cc(B3OC(C)(C)C(C)(C)O3)ccc2n1-c1ccccc1. The van der Waals surface area contributed by atoms with E-state index in [4.69, 9.17) is 14.3 Å². The number of benzene rings is 2. The summed E-state index contributed by atoms with van der Waals surface area (Å²) in [5.41, 5.74) is 3.54. The van der Waals surface area contributed by atoms with Crippen LogP contribution in [-0.2, 0) is 15.7 Å². The molecule has 2 aromatic carbocycles. The van der Waals surface area contributed by atoms with Crippen molar-refractivity contribution < 1.29 is 9.31 Å². The van der Waals surface area contributed by atoms with Crippen molar-refractivity contribution in [3.8, 4) is 5.69 Å². The van der Waals surface area contributed by atoms with Crippen LogP contribution in [-0.4, -0.2) is 27.9 Å². The Bertz CT molecular complexity index is 931. The van der Waals surface area contributed by atoms with Crippen LogP contribution in [0, 0.1) is 0 Å². The van der Waals surface area contributed by atoms with Crippen molar-refractivity contribution in [1.29, 1.82) is 0 Å². The van der Waals surface area contributed by atoms with Crippen LogP contribution in [0.15, 0.2) is 48.5 Å². The topological polar surface area (TPSA) is 36.3 Å². The average molecular weight is 348 g/mol. The maximum atomic E-state index is 6.19. The zero-order chi connectivity index (χ0) is 18.5. The van der Waals surface area contributed by atoms with Gasteiger partial charge in [-0.2, -0.15) is 0 Å². The number of nitrogens with zero attached hydrogens (tertiary/aromatic N) is 2. The number of hydrogen-bond donors (Lipinski definition) is 0. The Morgan fingerprint density at radius 1 is 0.962 bits per heavy atom. The van der Waals surface area contributed by atoms with Crippen molar-refractivity contribution in [2.75, 3.05) is 0 Å². The van der Waals surface area contributed by atoms with E-state index in [-0.39, 0.29) is 18.3 Å². The summed E-state index contributed by atoms with van der Waals surface area (Å²) in [6, 6.07) is 16.7. The van der Waals surface area contributed by atoms with E-state index in [0.29, 0.717) is 0 Å². The van der Waals surface area contributed by atoms with Gasteiger partial charge in [-0.15, -0.1) is 0 Å². The molecule has 5 heteroatoms. The van der Waals surface area contributed by atoms with Gasteiger partial charge in [0.15, 0.2) is 0 Å². The van der Waals surface area contributed by atoms with E-state index >= 15 is 0 Å². The van der Waals surface area contributed by atoms with Crippen LogP contribution in [0.2, 0.25) is 0 Å². The molecule has 1 fully saturated rings. The molecule has 3 aromatic rings. The van der Waals surface area contributed by atoms with Crippen molar-refractivity contribution in [1.82, 2.24) is 9.55 Å². The largest absolute Gasteiger partial charge is 0.494 e. The molecule has 0 spiro atoms. The molecule has 1 saturated heterocycles. The number of aryl methyl sites for hydroxylation is 1. The monoisotopic (exact) mass is 348 g/mol. The second-order valence-electron chi connectivity index (χ2n) is 7.89. The van der Waals surface area contributed by atoms with Crippen molar-refractivity contribution in [2.24, 2.45) is 0 Å². The van der Waals surface area contributed by atoms with E-state index in [9.17, 15) is 0 Å². The lowest BCUT2D eigenvalue weighted by Gasteiger charge is -2.32. The van der Waals surface area contributed by atoms with Crippen LogP contribution < -0.4 is 5.46 Å². The van der Waals surface area contributed by atoms with E-state index in [0.717, 1.165) is 34.4 Å². The number of imidazole rings is 1. The summed E-state index contributed by atoms with van der Waals surface area (Å²) in [4.78, 5) is 4.86. The van der Waals surface area contributed by atoms with Gasteiger partial charge < -0.3 is 9.31 Å². The molecule has 1 aliphatic rings. The Morgan fingerprint density at radius 2 is 1.62 bits per heavy atom. The van der Waals surface area contributed by atoms with E-state index in [2.05, 4.69) is 81.7 Å². The highest BCUT2D eigenvalue weighted by Gasteiger charge is 2.51. The zero-order valence-electron chi connectivity index (χ0n) is 16.1. The van der Waals surface area contributed by atoms with Crippen LogP contribution in [0.1, 0.15) is 40.4 Å². The van der Waals surface area contributed by atoms with Gasteiger partial charge in [-0.25, -0.2) is 4.98 Å². The highest BCUT2D eigenvalue weighted by atomic mass is 16.7. The van der Waals surface area contributed by atoms with Gasteiger partial charge in [0.05, 0.1) is 22.2 Å². The zero-order valence-corrected chi connectivity index (χ0v) is 16.1. The molecule has 4 rings (SSSR count). The first-order chi connectivity index (χ1) is 12.3. The van der Waals surface area contributed by atoms with Gasteiger partial charge >= 0.3 is 7.12 Å². The molecule has 4 nitrogen and oxygen atoms in total. The molecule has 0 radical (unpaired) electrons. The molecule has 1 aromatic heterocycles. The molecular weight excluding hydrogens is 323 g/mol. The highest BCUT2D eigenvalue weighted by Crippen LogP contribution is 2.36. The molecule has 134 valence electrons. The Balaban J connectivity index is 1.78. The van der Waals surface area contributed by atoms with E-state index in [1.54, 1.807) is 0 Å². The minimum absolute atomic E-state index is 0.343. The number of rotatable bonds is 3. The Hall–Kier alpha value is -2.11. The van der Waals surface area contributed by atoms with Gasteiger partial charge in [0.25, 0.3) is 0 Å². The summed E-state index contributed by atoms with van der Waals surface area (Å²) in [7, 11) is -0.364. The number of hydrogen-bond acceptors (Lipinski definition) is 3. The third-order valence-corrected chi connectivity index (χ3v) is 5.60. The smallest absolute Gasteiger partial charge is 0.399 e. The van der Waals surface area contributed by atoms with Crippen LogP contribution in [0.25, 0.3) is 16.7 Å².